The first-order valence-corrected chi connectivity index (χ1v) is 18.1. The van der Waals surface area contributed by atoms with Crippen LogP contribution in [-0.4, -0.2) is 24.5 Å². The van der Waals surface area contributed by atoms with Gasteiger partial charge in [-0.2, -0.15) is 0 Å². The van der Waals surface area contributed by atoms with Crippen molar-refractivity contribution in [3.8, 4) is 51.1 Å². The van der Waals surface area contributed by atoms with Gasteiger partial charge < -0.3 is 9.55 Å². The van der Waals surface area contributed by atoms with Crippen LogP contribution in [0.4, 0.5) is 0 Å². The van der Waals surface area contributed by atoms with E-state index in [9.17, 15) is 0 Å². The molecule has 2 bridgehead atoms. The van der Waals surface area contributed by atoms with Crippen LogP contribution < -0.4 is 0 Å². The molecule has 2 unspecified atom stereocenters. The Labute approximate surface area is 320 Å². The van der Waals surface area contributed by atoms with Gasteiger partial charge in [-0.25, -0.2) is 15.0 Å². The molecule has 9 aromatic rings. The van der Waals surface area contributed by atoms with Crippen LogP contribution in [0.2, 0.25) is 0 Å². The quantitative estimate of drug-likeness (QED) is 0.162. The first-order valence-electron chi connectivity index (χ1n) is 18.1. The van der Waals surface area contributed by atoms with E-state index < -0.39 is 0 Å². The third kappa shape index (κ3) is 5.16. The number of benzene rings is 6. The SMILES string of the molecule is [Ir].[c-]1cc2c(cc1-c1ncc(-c3nc(-c4ccccc4)nc(-c4ccc(-n5c6ccccc6c6ccccc65)cc4)n3)c3ccccc13)C1CCC2C1. The van der Waals surface area contributed by atoms with Crippen molar-refractivity contribution in [1.82, 2.24) is 24.5 Å². The van der Waals surface area contributed by atoms with E-state index in [4.69, 9.17) is 19.9 Å². The van der Waals surface area contributed by atoms with Gasteiger partial charge in [-0.15, -0.1) is 34.9 Å². The van der Waals surface area contributed by atoms with Crippen molar-refractivity contribution in [3.63, 3.8) is 0 Å². The summed E-state index contributed by atoms with van der Waals surface area (Å²) >= 11 is 0. The number of aromatic nitrogens is 5. The van der Waals surface area contributed by atoms with Gasteiger partial charge in [0.05, 0.1) is 11.0 Å². The molecule has 3 heterocycles. The second-order valence-electron chi connectivity index (χ2n) is 14.1. The predicted molar refractivity (Wildman–Crippen MR) is 209 cm³/mol. The zero-order chi connectivity index (χ0) is 34.2. The maximum absolute atomic E-state index is 5.14. The van der Waals surface area contributed by atoms with Gasteiger partial charge in [0.15, 0.2) is 17.5 Å². The normalized spacial score (nSPS) is 15.9. The molecule has 0 saturated heterocycles. The average molecular weight is 859 g/mol. The predicted octanol–water partition coefficient (Wildman–Crippen LogP) is 11.3. The Morgan fingerprint density at radius 2 is 1.11 bits per heavy atom. The third-order valence-electron chi connectivity index (χ3n) is 11.3. The van der Waals surface area contributed by atoms with Gasteiger partial charge in [0.2, 0.25) is 0 Å². The van der Waals surface area contributed by atoms with E-state index in [1.807, 2.05) is 36.5 Å². The Balaban J connectivity index is 0.00000349. The summed E-state index contributed by atoms with van der Waals surface area (Å²) in [5.41, 5.74) is 11.2. The van der Waals surface area contributed by atoms with E-state index in [1.54, 1.807) is 0 Å². The molecular weight excluding hydrogens is 827 g/mol. The molecule has 2 aliphatic rings. The van der Waals surface area contributed by atoms with E-state index in [0.717, 1.165) is 44.4 Å². The summed E-state index contributed by atoms with van der Waals surface area (Å²) in [6.07, 6.45) is 5.83. The van der Waals surface area contributed by atoms with Crippen LogP contribution >= 0.6 is 0 Å². The van der Waals surface area contributed by atoms with Crippen molar-refractivity contribution in [3.05, 3.63) is 163 Å². The summed E-state index contributed by atoms with van der Waals surface area (Å²) in [6.45, 7) is 0. The molecule has 3 aromatic heterocycles. The molecule has 255 valence electrons. The van der Waals surface area contributed by atoms with Crippen molar-refractivity contribution in [2.45, 2.75) is 31.1 Å². The maximum atomic E-state index is 5.14. The molecule has 2 aliphatic carbocycles. The Hall–Kier alpha value is -5.81. The van der Waals surface area contributed by atoms with Crippen molar-refractivity contribution < 1.29 is 20.1 Å². The monoisotopic (exact) mass is 859 g/mol. The molecule has 0 N–H and O–H groups in total. The van der Waals surface area contributed by atoms with E-state index in [1.165, 1.54) is 52.2 Å². The van der Waals surface area contributed by atoms with Gasteiger partial charge in [-0.3, -0.25) is 0 Å². The summed E-state index contributed by atoms with van der Waals surface area (Å²) in [4.78, 5) is 20.4. The van der Waals surface area contributed by atoms with Crippen LogP contribution in [-0.2, 0) is 20.1 Å². The van der Waals surface area contributed by atoms with Crippen LogP contribution in [0.15, 0.2) is 146 Å². The smallest absolute Gasteiger partial charge is 0.166 e. The number of pyridine rings is 1. The summed E-state index contributed by atoms with van der Waals surface area (Å²) in [6, 6.07) is 52.5. The summed E-state index contributed by atoms with van der Waals surface area (Å²) < 4.78 is 2.32. The largest absolute Gasteiger partial charge is 0.309 e. The van der Waals surface area contributed by atoms with Crippen molar-refractivity contribution in [2.75, 3.05) is 0 Å². The summed E-state index contributed by atoms with van der Waals surface area (Å²) in [5.74, 6) is 3.23. The fraction of sp³-hybridized carbons (Fsp3) is 0.106. The van der Waals surface area contributed by atoms with E-state index in [2.05, 4.69) is 120 Å². The van der Waals surface area contributed by atoms with Gasteiger partial charge in [-0.05, 0) is 77.5 Å². The molecule has 0 amide bonds. The standard InChI is InChI=1S/C47H32N5.Ir/c1-2-10-29(11-3-1)45-49-46(30-20-23-34(24-21-30)52-42-16-8-6-13-37(42)38-14-7-9-17-43(38)52)51-47(50-45)41-28-48-44(39-15-5-4-12-36(39)41)33-22-25-35-31-18-19-32(26-31)40(35)27-33;/h1-17,20-21,23-25,27-28,31-32H,18-19,26H2;/q-1;. The van der Waals surface area contributed by atoms with Crippen molar-refractivity contribution in [2.24, 2.45) is 0 Å². The van der Waals surface area contributed by atoms with Crippen molar-refractivity contribution >= 4 is 32.6 Å². The van der Waals surface area contributed by atoms with Crippen LogP contribution in [0, 0.1) is 6.07 Å². The fourth-order valence-corrected chi connectivity index (χ4v) is 8.80. The van der Waals surface area contributed by atoms with Crippen LogP contribution in [0.1, 0.15) is 42.2 Å². The maximum Gasteiger partial charge on any atom is 0.166 e. The summed E-state index contributed by atoms with van der Waals surface area (Å²) in [5, 5.41) is 4.60. The molecule has 2 atom stereocenters. The molecule has 1 saturated carbocycles. The zero-order valence-corrected chi connectivity index (χ0v) is 31.1. The molecule has 5 nitrogen and oxygen atoms in total. The molecule has 1 radical (unpaired) electrons. The number of fused-ring (bicyclic) bond motifs is 9. The van der Waals surface area contributed by atoms with Crippen LogP contribution in [0.3, 0.4) is 0 Å². The van der Waals surface area contributed by atoms with E-state index in [0.29, 0.717) is 29.3 Å². The molecule has 6 aromatic carbocycles. The van der Waals surface area contributed by atoms with Crippen molar-refractivity contribution in [1.29, 1.82) is 0 Å². The third-order valence-corrected chi connectivity index (χ3v) is 11.3. The molecule has 1 fully saturated rings. The second kappa shape index (κ2) is 12.7. The summed E-state index contributed by atoms with van der Waals surface area (Å²) in [7, 11) is 0. The van der Waals surface area contributed by atoms with E-state index >= 15 is 0 Å². The molecule has 0 aliphatic heterocycles. The van der Waals surface area contributed by atoms with Gasteiger partial charge in [0.1, 0.15) is 0 Å². The van der Waals surface area contributed by atoms with Gasteiger partial charge >= 0.3 is 0 Å². The molecule has 53 heavy (non-hydrogen) atoms. The Bertz CT molecular complexity index is 2790. The molecule has 11 rings (SSSR count). The van der Waals surface area contributed by atoms with Crippen LogP contribution in [0.5, 0.6) is 0 Å². The Morgan fingerprint density at radius 3 is 1.81 bits per heavy atom. The minimum Gasteiger partial charge on any atom is -0.309 e. The number of hydrogen-bond acceptors (Lipinski definition) is 4. The first-order chi connectivity index (χ1) is 25.8. The second-order valence-corrected chi connectivity index (χ2v) is 14.1. The van der Waals surface area contributed by atoms with Gasteiger partial charge in [0, 0.05) is 59.5 Å². The topological polar surface area (TPSA) is 56.5 Å². The van der Waals surface area contributed by atoms with Gasteiger partial charge in [0.25, 0.3) is 0 Å². The number of hydrogen-bond donors (Lipinski definition) is 0. The average Bonchev–Trinajstić information content (AvgIpc) is 3.94. The fourth-order valence-electron chi connectivity index (χ4n) is 8.80. The Kier molecular flexibility index (Phi) is 7.64. The molecule has 0 spiro atoms. The van der Waals surface area contributed by atoms with E-state index in [-0.39, 0.29) is 20.1 Å². The number of para-hydroxylation sites is 2. The number of rotatable bonds is 5. The minimum atomic E-state index is 0. The first kappa shape index (κ1) is 31.9. The molecular formula is C47H32IrN5-. The molecule has 6 heteroatoms. The zero-order valence-electron chi connectivity index (χ0n) is 28.7. The Morgan fingerprint density at radius 1 is 0.547 bits per heavy atom. The van der Waals surface area contributed by atoms with Gasteiger partial charge in [-0.1, -0.05) is 97.4 Å². The number of nitrogens with zero attached hydrogens (tertiary/aromatic N) is 5. The van der Waals surface area contributed by atoms with Crippen LogP contribution in [0.25, 0.3) is 83.7 Å². The minimum absolute atomic E-state index is 0.